The Morgan fingerprint density at radius 1 is 1.41 bits per heavy atom. The first-order chi connectivity index (χ1) is 10.7. The zero-order chi connectivity index (χ0) is 15.4. The molecule has 1 atom stereocenters. The SMILES string of the molecule is CN=C(NCCc1csc(C)n1)NCC1CCN(C2CC2)C1. The van der Waals surface area contributed by atoms with Gasteiger partial charge in [0.25, 0.3) is 0 Å². The molecular formula is C16H27N5S. The van der Waals surface area contributed by atoms with E-state index in [1.165, 1.54) is 38.0 Å². The molecule has 1 aliphatic carbocycles. The molecule has 2 heterocycles. The van der Waals surface area contributed by atoms with E-state index in [4.69, 9.17) is 0 Å². The zero-order valence-electron chi connectivity index (χ0n) is 13.6. The van der Waals surface area contributed by atoms with Crippen LogP contribution in [0.4, 0.5) is 0 Å². The highest BCUT2D eigenvalue weighted by atomic mass is 32.1. The lowest BCUT2D eigenvalue weighted by atomic mass is 10.1. The summed E-state index contributed by atoms with van der Waals surface area (Å²) in [5.41, 5.74) is 1.17. The van der Waals surface area contributed by atoms with Gasteiger partial charge in [-0.3, -0.25) is 4.99 Å². The lowest BCUT2D eigenvalue weighted by Gasteiger charge is -2.17. The molecule has 122 valence electrons. The fourth-order valence-corrected chi connectivity index (χ4v) is 3.74. The van der Waals surface area contributed by atoms with E-state index in [1.807, 2.05) is 7.05 Å². The molecule has 1 saturated heterocycles. The lowest BCUT2D eigenvalue weighted by Crippen LogP contribution is -2.41. The van der Waals surface area contributed by atoms with Crippen LogP contribution in [0, 0.1) is 12.8 Å². The molecule has 2 aliphatic rings. The van der Waals surface area contributed by atoms with Crippen molar-refractivity contribution < 1.29 is 0 Å². The van der Waals surface area contributed by atoms with Crippen molar-refractivity contribution in [2.24, 2.45) is 10.9 Å². The molecule has 1 aromatic rings. The van der Waals surface area contributed by atoms with E-state index < -0.39 is 0 Å². The number of hydrogen-bond donors (Lipinski definition) is 2. The van der Waals surface area contributed by atoms with Gasteiger partial charge in [0, 0.05) is 44.5 Å². The molecule has 1 unspecified atom stereocenters. The van der Waals surface area contributed by atoms with Gasteiger partial charge in [-0.25, -0.2) is 4.98 Å². The van der Waals surface area contributed by atoms with E-state index in [-0.39, 0.29) is 0 Å². The second kappa shape index (κ2) is 7.42. The topological polar surface area (TPSA) is 52.6 Å². The molecule has 1 aromatic heterocycles. The van der Waals surface area contributed by atoms with E-state index in [0.29, 0.717) is 0 Å². The number of nitrogens with zero attached hydrogens (tertiary/aromatic N) is 3. The molecule has 0 bridgehead atoms. The van der Waals surface area contributed by atoms with Crippen molar-refractivity contribution in [2.45, 2.75) is 38.6 Å². The van der Waals surface area contributed by atoms with Gasteiger partial charge in [0.1, 0.15) is 0 Å². The van der Waals surface area contributed by atoms with Gasteiger partial charge in [-0.2, -0.15) is 0 Å². The molecule has 0 aromatic carbocycles. The first kappa shape index (κ1) is 15.7. The van der Waals surface area contributed by atoms with E-state index >= 15 is 0 Å². The van der Waals surface area contributed by atoms with E-state index in [0.717, 1.165) is 42.4 Å². The number of hydrogen-bond acceptors (Lipinski definition) is 4. The Hall–Kier alpha value is -1.14. The average Bonchev–Trinajstić information content (AvgIpc) is 3.12. The van der Waals surface area contributed by atoms with Crippen LogP contribution in [0.3, 0.4) is 0 Å². The van der Waals surface area contributed by atoms with Crippen LogP contribution in [-0.2, 0) is 6.42 Å². The summed E-state index contributed by atoms with van der Waals surface area (Å²) in [5.74, 6) is 1.68. The van der Waals surface area contributed by atoms with E-state index in [2.05, 4.69) is 37.8 Å². The van der Waals surface area contributed by atoms with Crippen LogP contribution in [0.5, 0.6) is 0 Å². The van der Waals surface area contributed by atoms with Crippen molar-refractivity contribution >= 4 is 17.3 Å². The molecule has 6 heteroatoms. The third-order valence-corrected chi connectivity index (χ3v) is 5.32. The van der Waals surface area contributed by atoms with Gasteiger partial charge in [0.05, 0.1) is 10.7 Å². The van der Waals surface area contributed by atoms with Crippen LogP contribution in [0.2, 0.25) is 0 Å². The zero-order valence-corrected chi connectivity index (χ0v) is 14.5. The highest BCUT2D eigenvalue weighted by Crippen LogP contribution is 2.31. The third kappa shape index (κ3) is 4.43. The third-order valence-electron chi connectivity index (χ3n) is 4.50. The minimum absolute atomic E-state index is 0.764. The van der Waals surface area contributed by atoms with Crippen LogP contribution in [0.1, 0.15) is 30.0 Å². The summed E-state index contributed by atoms with van der Waals surface area (Å²) < 4.78 is 0. The molecule has 2 N–H and O–H groups in total. The van der Waals surface area contributed by atoms with Gasteiger partial charge in [-0.05, 0) is 38.6 Å². The Morgan fingerprint density at radius 2 is 2.27 bits per heavy atom. The number of nitrogens with one attached hydrogen (secondary N) is 2. The largest absolute Gasteiger partial charge is 0.356 e. The van der Waals surface area contributed by atoms with Gasteiger partial charge in [0.2, 0.25) is 0 Å². The Morgan fingerprint density at radius 3 is 2.95 bits per heavy atom. The molecule has 1 saturated carbocycles. The number of aliphatic imine (C=N–C) groups is 1. The van der Waals surface area contributed by atoms with Gasteiger partial charge in [0.15, 0.2) is 5.96 Å². The van der Waals surface area contributed by atoms with Crippen LogP contribution in [0.15, 0.2) is 10.4 Å². The monoisotopic (exact) mass is 321 g/mol. The van der Waals surface area contributed by atoms with Crippen LogP contribution >= 0.6 is 11.3 Å². The van der Waals surface area contributed by atoms with Crippen molar-refractivity contribution in [2.75, 3.05) is 33.2 Å². The van der Waals surface area contributed by atoms with Crippen molar-refractivity contribution in [3.63, 3.8) is 0 Å². The van der Waals surface area contributed by atoms with Crippen molar-refractivity contribution in [3.05, 3.63) is 16.1 Å². The van der Waals surface area contributed by atoms with Gasteiger partial charge >= 0.3 is 0 Å². The molecule has 0 radical (unpaired) electrons. The van der Waals surface area contributed by atoms with E-state index in [9.17, 15) is 0 Å². The summed E-state index contributed by atoms with van der Waals surface area (Å²) in [6, 6.07) is 0.906. The van der Waals surface area contributed by atoms with Gasteiger partial charge < -0.3 is 15.5 Å². The number of rotatable bonds is 6. The molecular weight excluding hydrogens is 294 g/mol. The first-order valence-corrected chi connectivity index (χ1v) is 9.22. The fourth-order valence-electron chi connectivity index (χ4n) is 3.09. The lowest BCUT2D eigenvalue weighted by molar-refractivity contribution is 0.314. The number of aryl methyl sites for hydroxylation is 1. The molecule has 5 nitrogen and oxygen atoms in total. The maximum absolute atomic E-state index is 4.49. The van der Waals surface area contributed by atoms with E-state index in [1.54, 1.807) is 11.3 Å². The number of thiazole rings is 1. The Bertz CT molecular complexity index is 508. The predicted molar refractivity (Wildman–Crippen MR) is 92.6 cm³/mol. The second-order valence-corrected chi connectivity index (χ2v) is 7.43. The second-order valence-electron chi connectivity index (χ2n) is 6.37. The number of likely N-dealkylation sites (tertiary alicyclic amines) is 1. The Kier molecular flexibility index (Phi) is 5.31. The summed E-state index contributed by atoms with van der Waals surface area (Å²) in [6.07, 6.45) is 5.10. The quantitative estimate of drug-likeness (QED) is 0.618. The summed E-state index contributed by atoms with van der Waals surface area (Å²) in [7, 11) is 1.84. The molecule has 22 heavy (non-hydrogen) atoms. The summed E-state index contributed by atoms with van der Waals surface area (Å²) in [5, 5.41) is 10.1. The van der Waals surface area contributed by atoms with Gasteiger partial charge in [-0.1, -0.05) is 0 Å². The smallest absolute Gasteiger partial charge is 0.190 e. The minimum atomic E-state index is 0.764. The number of guanidine groups is 1. The van der Waals surface area contributed by atoms with Crippen LogP contribution in [0.25, 0.3) is 0 Å². The van der Waals surface area contributed by atoms with Crippen molar-refractivity contribution in [3.8, 4) is 0 Å². The Balaban J connectivity index is 1.33. The maximum Gasteiger partial charge on any atom is 0.190 e. The fraction of sp³-hybridized carbons (Fsp3) is 0.750. The number of aromatic nitrogens is 1. The molecule has 1 aliphatic heterocycles. The van der Waals surface area contributed by atoms with Crippen molar-refractivity contribution in [1.82, 2.24) is 20.5 Å². The molecule has 0 amide bonds. The molecule has 3 rings (SSSR count). The summed E-state index contributed by atoms with van der Waals surface area (Å²) >= 11 is 1.71. The summed E-state index contributed by atoms with van der Waals surface area (Å²) in [4.78, 5) is 11.5. The standard InChI is InChI=1S/C16H27N5S/c1-12-20-14(11-22-12)5-7-18-16(17-2)19-9-13-6-8-21(10-13)15-3-4-15/h11,13,15H,3-10H2,1-2H3,(H2,17,18,19). The minimum Gasteiger partial charge on any atom is -0.356 e. The average molecular weight is 321 g/mol. The highest BCUT2D eigenvalue weighted by molar-refractivity contribution is 7.09. The maximum atomic E-state index is 4.49. The summed E-state index contributed by atoms with van der Waals surface area (Å²) in [6.45, 7) is 6.49. The van der Waals surface area contributed by atoms with Crippen LogP contribution in [-0.4, -0.2) is 55.1 Å². The first-order valence-electron chi connectivity index (χ1n) is 8.34. The molecule has 2 fully saturated rings. The van der Waals surface area contributed by atoms with Crippen molar-refractivity contribution in [1.29, 1.82) is 0 Å². The predicted octanol–water partition coefficient (Wildman–Crippen LogP) is 1.64. The Labute approximate surface area is 137 Å². The normalized spacial score (nSPS) is 23.0. The molecule has 0 spiro atoms. The van der Waals surface area contributed by atoms with Crippen LogP contribution < -0.4 is 10.6 Å². The van der Waals surface area contributed by atoms with Gasteiger partial charge in [-0.15, -0.1) is 11.3 Å². The highest BCUT2D eigenvalue weighted by Gasteiger charge is 2.34.